The molecule has 3 aromatic rings. The molecule has 5 nitrogen and oxygen atoms in total. The van der Waals surface area contributed by atoms with Crippen molar-refractivity contribution in [3.63, 3.8) is 0 Å². The summed E-state index contributed by atoms with van der Waals surface area (Å²) in [4.78, 5) is 0.699. The number of aliphatic hydroxyl groups is 1. The first-order valence-electron chi connectivity index (χ1n) is 6.98. The van der Waals surface area contributed by atoms with E-state index in [1.165, 1.54) is 23.7 Å². The Morgan fingerprint density at radius 2 is 1.96 bits per heavy atom. The minimum Gasteiger partial charge on any atom is -0.466 e. The van der Waals surface area contributed by atoms with E-state index in [4.69, 9.17) is 4.42 Å². The van der Waals surface area contributed by atoms with Crippen LogP contribution in [0.1, 0.15) is 10.6 Å². The van der Waals surface area contributed by atoms with Crippen LogP contribution in [0.3, 0.4) is 0 Å². The number of benzene rings is 1. The summed E-state index contributed by atoms with van der Waals surface area (Å²) < 4.78 is 33.4. The highest BCUT2D eigenvalue weighted by Gasteiger charge is 2.37. The fourth-order valence-corrected chi connectivity index (χ4v) is 5.15. The maximum absolute atomic E-state index is 12.6. The summed E-state index contributed by atoms with van der Waals surface area (Å²) in [6.45, 7) is -0.245. The Hall–Kier alpha value is -1.45. The van der Waals surface area contributed by atoms with Crippen LogP contribution in [0.15, 0.2) is 74.0 Å². The molecule has 8 heteroatoms. The summed E-state index contributed by atoms with van der Waals surface area (Å²) in [6, 6.07) is 13.3. The largest absolute Gasteiger partial charge is 0.466 e. The zero-order valence-corrected chi connectivity index (χ0v) is 15.6. The van der Waals surface area contributed by atoms with Crippen molar-refractivity contribution in [3.05, 3.63) is 75.3 Å². The van der Waals surface area contributed by atoms with Gasteiger partial charge in [-0.3, -0.25) is 0 Å². The van der Waals surface area contributed by atoms with Crippen molar-refractivity contribution in [3.8, 4) is 0 Å². The predicted molar refractivity (Wildman–Crippen MR) is 95.4 cm³/mol. The van der Waals surface area contributed by atoms with Crippen LogP contribution >= 0.6 is 27.3 Å². The van der Waals surface area contributed by atoms with Crippen LogP contribution < -0.4 is 4.72 Å². The number of hydrogen-bond donors (Lipinski definition) is 2. The van der Waals surface area contributed by atoms with Gasteiger partial charge in [0.1, 0.15) is 5.76 Å². The second-order valence-electron chi connectivity index (χ2n) is 5.07. The maximum Gasteiger partial charge on any atom is 0.241 e. The van der Waals surface area contributed by atoms with Crippen LogP contribution in [0.2, 0.25) is 0 Å². The van der Waals surface area contributed by atoms with Crippen LogP contribution in [-0.2, 0) is 15.6 Å². The average molecular weight is 428 g/mol. The first kappa shape index (κ1) is 17.4. The first-order chi connectivity index (χ1) is 11.4. The van der Waals surface area contributed by atoms with Gasteiger partial charge in [-0.2, -0.15) is 0 Å². The Bertz CT molecular complexity index is 871. The number of halogens is 1. The van der Waals surface area contributed by atoms with E-state index in [0.29, 0.717) is 9.35 Å². The van der Waals surface area contributed by atoms with Crippen molar-refractivity contribution in [1.82, 2.24) is 4.72 Å². The normalized spacial score (nSPS) is 14.4. The molecule has 24 heavy (non-hydrogen) atoms. The Balaban J connectivity index is 1.92. The molecule has 2 aromatic heterocycles. The van der Waals surface area contributed by atoms with Gasteiger partial charge in [0.15, 0.2) is 5.60 Å². The summed E-state index contributed by atoms with van der Waals surface area (Å²) in [5, 5.41) is 12.9. The van der Waals surface area contributed by atoms with Gasteiger partial charge in [0, 0.05) is 9.35 Å². The second kappa shape index (κ2) is 6.81. The van der Waals surface area contributed by atoms with E-state index in [1.54, 1.807) is 42.5 Å². The minimum atomic E-state index is -3.80. The second-order valence-corrected chi connectivity index (χ2v) is 8.61. The van der Waals surface area contributed by atoms with Crippen molar-refractivity contribution in [2.45, 2.75) is 10.5 Å². The van der Waals surface area contributed by atoms with Gasteiger partial charge in [-0.25, -0.2) is 13.1 Å². The average Bonchev–Trinajstić information content (AvgIpc) is 3.26. The molecule has 126 valence electrons. The van der Waals surface area contributed by atoms with E-state index in [9.17, 15) is 13.5 Å². The molecule has 0 bridgehead atoms. The molecule has 0 amide bonds. The van der Waals surface area contributed by atoms with Gasteiger partial charge in [-0.05, 0) is 51.6 Å². The molecule has 0 radical (unpaired) electrons. The van der Waals surface area contributed by atoms with Crippen LogP contribution in [0.5, 0.6) is 0 Å². The molecule has 1 atom stereocenters. The third-order valence-corrected chi connectivity index (χ3v) is 6.94. The molecule has 2 N–H and O–H groups in total. The third kappa shape index (κ3) is 3.33. The number of thiophene rings is 1. The standard InChI is InChI=1S/C16H14BrNO4S2/c17-12-5-1-2-6-13(12)24(20,21)18-11-16(19,14-7-3-9-22-14)15-8-4-10-23-15/h1-10,18-19H,11H2. The number of hydrogen-bond acceptors (Lipinski definition) is 5. The number of sulfonamides is 1. The molecule has 0 spiro atoms. The zero-order chi connectivity index (χ0) is 17.2. The van der Waals surface area contributed by atoms with Gasteiger partial charge in [0.05, 0.1) is 17.7 Å². The molecule has 1 unspecified atom stereocenters. The predicted octanol–water partition coefficient (Wildman–Crippen LogP) is 3.32. The first-order valence-corrected chi connectivity index (χ1v) is 10.1. The topological polar surface area (TPSA) is 79.5 Å². The molecule has 0 aliphatic carbocycles. The SMILES string of the molecule is O=S(=O)(NCC(O)(c1ccco1)c1cccs1)c1ccccc1Br. The van der Waals surface area contributed by atoms with E-state index in [0.717, 1.165) is 0 Å². The lowest BCUT2D eigenvalue weighted by Crippen LogP contribution is -2.41. The smallest absolute Gasteiger partial charge is 0.241 e. The number of rotatable bonds is 6. The molecule has 2 heterocycles. The lowest BCUT2D eigenvalue weighted by atomic mass is 9.99. The number of nitrogens with one attached hydrogen (secondary N) is 1. The zero-order valence-electron chi connectivity index (χ0n) is 12.3. The van der Waals surface area contributed by atoms with Crippen molar-refractivity contribution in [2.75, 3.05) is 6.54 Å². The quantitative estimate of drug-likeness (QED) is 0.632. The van der Waals surface area contributed by atoms with Gasteiger partial charge < -0.3 is 9.52 Å². The maximum atomic E-state index is 12.6. The molecule has 1 aromatic carbocycles. The number of furan rings is 1. The van der Waals surface area contributed by atoms with Gasteiger partial charge in [-0.1, -0.05) is 18.2 Å². The lowest BCUT2D eigenvalue weighted by molar-refractivity contribution is 0.0655. The molecule has 0 aliphatic heterocycles. The van der Waals surface area contributed by atoms with Gasteiger partial charge in [0.2, 0.25) is 10.0 Å². The van der Waals surface area contributed by atoms with Crippen LogP contribution in [0.4, 0.5) is 0 Å². The molecular formula is C16H14BrNO4S2. The fraction of sp³-hybridized carbons (Fsp3) is 0.125. The van der Waals surface area contributed by atoms with Gasteiger partial charge >= 0.3 is 0 Å². The monoisotopic (exact) mass is 427 g/mol. The third-order valence-electron chi connectivity index (χ3n) is 3.50. The van der Waals surface area contributed by atoms with Crippen molar-refractivity contribution in [1.29, 1.82) is 0 Å². The van der Waals surface area contributed by atoms with Crippen LogP contribution in [0.25, 0.3) is 0 Å². The van der Waals surface area contributed by atoms with E-state index in [2.05, 4.69) is 20.7 Å². The van der Waals surface area contributed by atoms with Gasteiger partial charge in [0.25, 0.3) is 0 Å². The minimum absolute atomic E-state index is 0.109. The van der Waals surface area contributed by atoms with Crippen LogP contribution in [0, 0.1) is 0 Å². The highest BCUT2D eigenvalue weighted by atomic mass is 79.9. The lowest BCUT2D eigenvalue weighted by Gasteiger charge is -2.25. The summed E-state index contributed by atoms with van der Waals surface area (Å²) >= 11 is 4.56. The molecule has 0 fully saturated rings. The van der Waals surface area contributed by atoms with Crippen molar-refractivity contribution < 1.29 is 17.9 Å². The van der Waals surface area contributed by atoms with Crippen molar-refractivity contribution >= 4 is 37.3 Å². The summed E-state index contributed by atoms with van der Waals surface area (Å²) in [5.74, 6) is 0.278. The highest BCUT2D eigenvalue weighted by Crippen LogP contribution is 2.33. The molecule has 3 rings (SSSR count). The van der Waals surface area contributed by atoms with Crippen molar-refractivity contribution in [2.24, 2.45) is 0 Å². The van der Waals surface area contributed by atoms with E-state index >= 15 is 0 Å². The van der Waals surface area contributed by atoms with E-state index < -0.39 is 15.6 Å². The summed E-state index contributed by atoms with van der Waals surface area (Å²) in [6.07, 6.45) is 1.44. The molecular weight excluding hydrogens is 414 g/mol. The molecule has 0 saturated carbocycles. The molecule has 0 saturated heterocycles. The van der Waals surface area contributed by atoms with E-state index in [-0.39, 0.29) is 17.2 Å². The Labute approximate surface area is 152 Å². The highest BCUT2D eigenvalue weighted by molar-refractivity contribution is 9.10. The Morgan fingerprint density at radius 1 is 1.17 bits per heavy atom. The fourth-order valence-electron chi connectivity index (χ4n) is 2.26. The van der Waals surface area contributed by atoms with Gasteiger partial charge in [-0.15, -0.1) is 11.3 Å². The summed E-state index contributed by atoms with van der Waals surface area (Å²) in [5.41, 5.74) is -1.58. The van der Waals surface area contributed by atoms with E-state index in [1.807, 2.05) is 5.38 Å². The molecule has 0 aliphatic rings. The Kier molecular flexibility index (Phi) is 4.93. The Morgan fingerprint density at radius 3 is 2.58 bits per heavy atom. The van der Waals surface area contributed by atoms with Crippen LogP contribution in [-0.4, -0.2) is 20.1 Å². The summed E-state index contributed by atoms with van der Waals surface area (Å²) in [7, 11) is -3.80.